The Hall–Kier alpha value is -0.830. The van der Waals surface area contributed by atoms with Crippen LogP contribution < -0.4 is 4.90 Å². The van der Waals surface area contributed by atoms with Crippen LogP contribution in [0.2, 0.25) is 0 Å². The van der Waals surface area contributed by atoms with Crippen molar-refractivity contribution < 1.29 is 26.0 Å². The first-order valence-corrected chi connectivity index (χ1v) is 8.17. The van der Waals surface area contributed by atoms with Crippen LogP contribution in [0.25, 0.3) is 0 Å². The minimum atomic E-state index is -4.66. The Labute approximate surface area is 122 Å². The van der Waals surface area contributed by atoms with Crippen molar-refractivity contribution in [2.45, 2.75) is 17.1 Å². The van der Waals surface area contributed by atoms with Gasteiger partial charge in [-0.2, -0.15) is 8.78 Å². The fraction of sp³-hybridized carbons (Fsp3) is 0.455. The summed E-state index contributed by atoms with van der Waals surface area (Å²) in [6.45, 7) is -0.238. The molecule has 0 bridgehead atoms. The van der Waals surface area contributed by atoms with Gasteiger partial charge in [-0.3, -0.25) is 0 Å². The Bertz CT molecular complexity index is 522. The molecule has 114 valence electrons. The maximum absolute atomic E-state index is 12.4. The quantitative estimate of drug-likeness (QED) is 0.541. The van der Waals surface area contributed by atoms with Crippen LogP contribution in [0.1, 0.15) is 0 Å². The van der Waals surface area contributed by atoms with Crippen molar-refractivity contribution in [3.8, 4) is 0 Å². The lowest BCUT2D eigenvalue weighted by atomic mass is 10.3. The molecule has 0 saturated carbocycles. The van der Waals surface area contributed by atoms with Gasteiger partial charge in [-0.15, -0.1) is 0 Å². The summed E-state index contributed by atoms with van der Waals surface area (Å²) in [4.78, 5) is 0.796. The van der Waals surface area contributed by atoms with Gasteiger partial charge >= 0.3 is 5.76 Å². The number of rotatable bonds is 7. The minimum Gasteiger partial charge on any atom is -0.365 e. The summed E-state index contributed by atoms with van der Waals surface area (Å²) in [6, 6.07) is 4.45. The van der Waals surface area contributed by atoms with Gasteiger partial charge in [0.2, 0.25) is 9.84 Å². The molecule has 20 heavy (non-hydrogen) atoms. The van der Waals surface area contributed by atoms with E-state index in [4.69, 9.17) is 0 Å². The number of alkyl halides is 5. The van der Waals surface area contributed by atoms with Crippen molar-refractivity contribution >= 4 is 31.5 Å². The molecule has 0 fully saturated rings. The van der Waals surface area contributed by atoms with E-state index in [1.165, 1.54) is 17.0 Å². The van der Waals surface area contributed by atoms with Crippen LogP contribution >= 0.6 is 15.9 Å². The summed E-state index contributed by atoms with van der Waals surface area (Å²) in [5.41, 5.74) is 0.345. The first-order valence-electron chi connectivity index (χ1n) is 5.50. The number of sulfone groups is 1. The highest BCUT2D eigenvalue weighted by Gasteiger charge is 2.26. The van der Waals surface area contributed by atoms with Crippen molar-refractivity contribution in [1.82, 2.24) is 0 Å². The van der Waals surface area contributed by atoms with Gasteiger partial charge in [0, 0.05) is 17.6 Å². The molecule has 1 aromatic carbocycles. The minimum absolute atomic E-state index is 0.283. The molecule has 0 radical (unpaired) electrons. The Morgan fingerprint density at radius 1 is 1.10 bits per heavy atom. The van der Waals surface area contributed by atoms with Gasteiger partial charge in [-0.25, -0.2) is 17.2 Å². The molecule has 9 heteroatoms. The first-order chi connectivity index (χ1) is 9.28. The molecular weight excluding hydrogens is 366 g/mol. The van der Waals surface area contributed by atoms with E-state index in [9.17, 15) is 26.0 Å². The van der Waals surface area contributed by atoms with E-state index in [2.05, 4.69) is 15.9 Å². The van der Waals surface area contributed by atoms with Crippen LogP contribution in [0.5, 0.6) is 0 Å². The van der Waals surface area contributed by atoms with Crippen LogP contribution in [0, 0.1) is 0 Å². The second kappa shape index (κ2) is 7.26. The molecule has 0 aromatic heterocycles. The largest absolute Gasteiger partial charge is 0.365 e. The highest BCUT2D eigenvalue weighted by molar-refractivity contribution is 9.09. The van der Waals surface area contributed by atoms with Crippen LogP contribution in [-0.4, -0.2) is 39.0 Å². The van der Waals surface area contributed by atoms with Crippen LogP contribution in [0.4, 0.5) is 23.2 Å². The second-order valence-electron chi connectivity index (χ2n) is 3.83. The molecule has 0 heterocycles. The normalized spacial score (nSPS) is 12.2. The lowest BCUT2D eigenvalue weighted by Gasteiger charge is -2.23. The monoisotopic (exact) mass is 377 g/mol. The predicted molar refractivity (Wildman–Crippen MR) is 71.6 cm³/mol. The zero-order valence-corrected chi connectivity index (χ0v) is 12.5. The smallest absolute Gasteiger partial charge is 0.341 e. The fourth-order valence-corrected chi connectivity index (χ4v) is 2.69. The molecule has 3 nitrogen and oxygen atoms in total. The zero-order chi connectivity index (χ0) is 15.3. The number of anilines is 1. The van der Waals surface area contributed by atoms with Gasteiger partial charge in [0.25, 0.3) is 6.43 Å². The van der Waals surface area contributed by atoms with E-state index < -0.39 is 33.5 Å². The Balaban J connectivity index is 2.99. The Kier molecular flexibility index (Phi) is 6.25. The number of hydrogen-bond acceptors (Lipinski definition) is 3. The highest BCUT2D eigenvalue weighted by Crippen LogP contribution is 2.22. The van der Waals surface area contributed by atoms with Gasteiger partial charge in [0.15, 0.2) is 0 Å². The van der Waals surface area contributed by atoms with Gasteiger partial charge < -0.3 is 4.90 Å². The summed E-state index contributed by atoms with van der Waals surface area (Å²) < 4.78 is 72.0. The average molecular weight is 378 g/mol. The van der Waals surface area contributed by atoms with E-state index in [0.717, 1.165) is 12.1 Å². The average Bonchev–Trinajstić information content (AvgIpc) is 2.37. The first kappa shape index (κ1) is 17.2. The molecule has 0 aliphatic heterocycles. The second-order valence-corrected chi connectivity index (χ2v) is 6.54. The Morgan fingerprint density at radius 2 is 1.65 bits per heavy atom. The molecule has 0 aliphatic rings. The SMILES string of the molecule is O=S(=O)(c1ccc(N(CCBr)CC(F)F)cc1)C(F)F. The van der Waals surface area contributed by atoms with Gasteiger partial charge in [-0.05, 0) is 24.3 Å². The van der Waals surface area contributed by atoms with Crippen molar-refractivity contribution in [1.29, 1.82) is 0 Å². The maximum atomic E-state index is 12.4. The molecular formula is C11H12BrF4NO2S. The molecule has 0 spiro atoms. The third-order valence-corrected chi connectivity index (χ3v) is 4.23. The van der Waals surface area contributed by atoms with Crippen molar-refractivity contribution in [3.63, 3.8) is 0 Å². The summed E-state index contributed by atoms with van der Waals surface area (Å²) in [6.07, 6.45) is -2.56. The summed E-state index contributed by atoms with van der Waals surface area (Å²) in [5, 5.41) is 0.441. The summed E-state index contributed by atoms with van der Waals surface area (Å²) >= 11 is 3.12. The van der Waals surface area contributed by atoms with Crippen LogP contribution in [-0.2, 0) is 9.84 Å². The maximum Gasteiger partial charge on any atom is 0.341 e. The fourth-order valence-electron chi connectivity index (χ4n) is 1.54. The van der Waals surface area contributed by atoms with Gasteiger partial charge in [0.05, 0.1) is 11.4 Å². The molecule has 0 unspecified atom stereocenters. The van der Waals surface area contributed by atoms with Crippen LogP contribution in [0.15, 0.2) is 29.2 Å². The van der Waals surface area contributed by atoms with E-state index in [1.807, 2.05) is 0 Å². The number of hydrogen-bond donors (Lipinski definition) is 0. The number of halogens is 5. The summed E-state index contributed by atoms with van der Waals surface area (Å²) in [5.74, 6) is -3.51. The lowest BCUT2D eigenvalue weighted by Crippen LogP contribution is -2.30. The van der Waals surface area contributed by atoms with Gasteiger partial charge in [-0.1, -0.05) is 15.9 Å². The van der Waals surface area contributed by atoms with Crippen molar-refractivity contribution in [2.75, 3.05) is 23.3 Å². The van der Waals surface area contributed by atoms with E-state index in [1.54, 1.807) is 0 Å². The zero-order valence-electron chi connectivity index (χ0n) is 10.1. The van der Waals surface area contributed by atoms with E-state index in [-0.39, 0.29) is 6.54 Å². The van der Waals surface area contributed by atoms with Gasteiger partial charge in [0.1, 0.15) is 0 Å². The number of benzene rings is 1. The van der Waals surface area contributed by atoms with Crippen LogP contribution in [0.3, 0.4) is 0 Å². The number of nitrogens with zero attached hydrogens (tertiary/aromatic N) is 1. The molecule has 0 aliphatic carbocycles. The third kappa shape index (κ3) is 4.34. The third-order valence-electron chi connectivity index (χ3n) is 2.48. The molecule has 0 amide bonds. The summed E-state index contributed by atoms with van der Waals surface area (Å²) in [7, 11) is -4.66. The molecule has 1 rings (SSSR count). The molecule has 0 saturated heterocycles. The molecule has 0 atom stereocenters. The van der Waals surface area contributed by atoms with E-state index in [0.29, 0.717) is 11.0 Å². The van der Waals surface area contributed by atoms with E-state index >= 15 is 0 Å². The molecule has 0 N–H and O–H groups in total. The van der Waals surface area contributed by atoms with Crippen molar-refractivity contribution in [2.24, 2.45) is 0 Å². The van der Waals surface area contributed by atoms with Crippen molar-refractivity contribution in [3.05, 3.63) is 24.3 Å². The highest BCUT2D eigenvalue weighted by atomic mass is 79.9. The topological polar surface area (TPSA) is 37.4 Å². The molecule has 1 aromatic rings. The lowest BCUT2D eigenvalue weighted by molar-refractivity contribution is 0.155. The predicted octanol–water partition coefficient (Wildman–Crippen LogP) is 3.15. The Morgan fingerprint density at radius 3 is 2.05 bits per heavy atom. The standard InChI is InChI=1S/C11H12BrF4NO2S/c12-5-6-17(7-10(13)14)8-1-3-9(4-2-8)20(18,19)11(15)16/h1-4,10-11H,5-7H2.